The normalized spacial score (nSPS) is 10.6. The molecular formula is C8H5BrCeF3O-. The monoisotopic (exact) mass is 393 g/mol. The van der Waals surface area contributed by atoms with Gasteiger partial charge in [0.25, 0.3) is 0 Å². The summed E-state index contributed by atoms with van der Waals surface area (Å²) < 4.78 is 36.5. The van der Waals surface area contributed by atoms with E-state index >= 15 is 0 Å². The van der Waals surface area contributed by atoms with Gasteiger partial charge in [0.05, 0.1) is 0 Å². The summed E-state index contributed by atoms with van der Waals surface area (Å²) in [6.45, 7) is 0. The van der Waals surface area contributed by atoms with E-state index in [9.17, 15) is 13.2 Å². The third-order valence-corrected chi connectivity index (χ3v) is 1.91. The van der Waals surface area contributed by atoms with Crippen LogP contribution < -0.4 is 0 Å². The van der Waals surface area contributed by atoms with Crippen LogP contribution in [0.25, 0.3) is 0 Å². The summed E-state index contributed by atoms with van der Waals surface area (Å²) in [4.78, 5) is 0. The third kappa shape index (κ3) is 4.06. The first-order chi connectivity index (χ1) is 5.91. The summed E-state index contributed by atoms with van der Waals surface area (Å²) >= 11 is 3.07. The molecule has 1 aromatic rings. The van der Waals surface area contributed by atoms with Crippen LogP contribution >= 0.6 is 15.9 Å². The number of rotatable bonds is 1. The molecule has 0 spiro atoms. The Hall–Kier alpha value is 0.697. The second-order valence-electron chi connectivity index (χ2n) is 2.35. The average Bonchev–Trinajstić information content (AvgIpc) is 2.03. The maximum Gasteiger partial charge on any atom is 0.390 e. The summed E-state index contributed by atoms with van der Waals surface area (Å²) in [5.41, 5.74) is -0.240. The Labute approximate surface area is 121 Å². The van der Waals surface area contributed by atoms with Crippen LogP contribution in [-0.2, 0) is 0 Å². The van der Waals surface area contributed by atoms with Crippen molar-refractivity contribution in [3.05, 3.63) is 40.4 Å². The van der Waals surface area contributed by atoms with Crippen molar-refractivity contribution in [2.24, 2.45) is 0 Å². The van der Waals surface area contributed by atoms with Gasteiger partial charge in [0.15, 0.2) is 0 Å². The van der Waals surface area contributed by atoms with Gasteiger partial charge in [0.2, 0.25) is 0 Å². The number of aliphatic hydroxyl groups is 1. The average molecular weight is 394 g/mol. The van der Waals surface area contributed by atoms with E-state index in [4.69, 9.17) is 5.11 Å². The molecule has 0 bridgehead atoms. The van der Waals surface area contributed by atoms with Gasteiger partial charge in [-0.2, -0.15) is 30.9 Å². The molecular weight excluding hydrogens is 389 g/mol. The van der Waals surface area contributed by atoms with Gasteiger partial charge in [0, 0.05) is 47.9 Å². The summed E-state index contributed by atoms with van der Waals surface area (Å²) in [5.74, 6) is 0. The van der Waals surface area contributed by atoms with E-state index in [0.29, 0.717) is 4.47 Å². The van der Waals surface area contributed by atoms with E-state index < -0.39 is 12.3 Å². The molecule has 0 heterocycles. The molecule has 6 heteroatoms. The minimum absolute atomic E-state index is 0. The molecule has 0 unspecified atom stereocenters. The van der Waals surface area contributed by atoms with Crippen LogP contribution in [0, 0.1) is 47.9 Å². The van der Waals surface area contributed by atoms with Crippen molar-refractivity contribution < 1.29 is 60.0 Å². The SMILES string of the molecule is O[C-](c1ccc(Br)cc1)C(F)(F)F.[Ce]. The van der Waals surface area contributed by atoms with Crippen LogP contribution in [0.3, 0.4) is 0 Å². The summed E-state index contributed by atoms with van der Waals surface area (Å²) in [7, 11) is 0. The smallest absolute Gasteiger partial charge is 0.390 e. The number of halogens is 4. The fourth-order valence-corrected chi connectivity index (χ4v) is 1.04. The molecule has 0 aliphatic heterocycles. The molecule has 76 valence electrons. The van der Waals surface area contributed by atoms with E-state index in [1.54, 1.807) is 0 Å². The van der Waals surface area contributed by atoms with E-state index in [0.717, 1.165) is 0 Å². The van der Waals surface area contributed by atoms with Crippen molar-refractivity contribution in [2.75, 3.05) is 0 Å². The van der Waals surface area contributed by atoms with Crippen LogP contribution in [0.5, 0.6) is 0 Å². The molecule has 0 aliphatic carbocycles. The van der Waals surface area contributed by atoms with Gasteiger partial charge in [-0.05, 0) is 4.47 Å². The van der Waals surface area contributed by atoms with E-state index in [-0.39, 0.29) is 47.3 Å². The third-order valence-electron chi connectivity index (χ3n) is 1.39. The number of hydrogen-bond acceptors (Lipinski definition) is 1. The fraction of sp³-hybridized carbons (Fsp3) is 0.125. The van der Waals surface area contributed by atoms with Crippen LogP contribution in [-0.4, -0.2) is 11.3 Å². The first kappa shape index (κ1) is 14.7. The predicted molar refractivity (Wildman–Crippen MR) is 44.5 cm³/mol. The Kier molecular flexibility index (Phi) is 5.97. The van der Waals surface area contributed by atoms with Gasteiger partial charge < -0.3 is 5.11 Å². The zero-order valence-electron chi connectivity index (χ0n) is 6.77. The fourth-order valence-electron chi connectivity index (χ4n) is 0.771. The molecule has 1 aromatic carbocycles. The van der Waals surface area contributed by atoms with Crippen molar-refractivity contribution in [3.63, 3.8) is 0 Å². The Morgan fingerprint density at radius 3 is 1.93 bits per heavy atom. The first-order valence-electron chi connectivity index (χ1n) is 3.30. The molecule has 1 N–H and O–H groups in total. The molecule has 0 fully saturated rings. The standard InChI is InChI=1S/C8H5BrF3O.Ce/c9-6-3-1-5(2-4-6)7(13)8(10,11)12;/h1-4,13H;/q-1;. The molecule has 1 rings (SSSR count). The molecule has 1 nitrogen and oxygen atoms in total. The van der Waals surface area contributed by atoms with Gasteiger partial charge in [-0.1, -0.05) is 15.9 Å². The molecule has 0 radical (unpaired) electrons. The van der Waals surface area contributed by atoms with Crippen LogP contribution in [0.2, 0.25) is 0 Å². The van der Waals surface area contributed by atoms with E-state index in [1.165, 1.54) is 24.3 Å². The molecule has 0 saturated carbocycles. The number of aliphatic hydroxyl groups excluding tert-OH is 1. The van der Waals surface area contributed by atoms with Crippen LogP contribution in [0.1, 0.15) is 5.56 Å². The topological polar surface area (TPSA) is 20.2 Å². The quantitative estimate of drug-likeness (QED) is 0.726. The largest absolute Gasteiger partial charge is 0.417 e. The van der Waals surface area contributed by atoms with Gasteiger partial charge in [-0.15, -0.1) is 12.1 Å². The van der Waals surface area contributed by atoms with Crippen molar-refractivity contribution >= 4 is 15.9 Å². The van der Waals surface area contributed by atoms with Crippen molar-refractivity contribution in [2.45, 2.75) is 6.18 Å². The van der Waals surface area contributed by atoms with Gasteiger partial charge in [-0.3, -0.25) is 0 Å². The predicted octanol–water partition coefficient (Wildman–Crippen LogP) is 3.26. The Morgan fingerprint density at radius 2 is 1.57 bits per heavy atom. The summed E-state index contributed by atoms with van der Waals surface area (Å²) in [5, 5.41) is 8.72. The molecule has 0 atom stereocenters. The Bertz CT molecular complexity index is 286. The summed E-state index contributed by atoms with van der Waals surface area (Å²) in [6, 6.07) is 5.23. The van der Waals surface area contributed by atoms with E-state index in [1.807, 2.05) is 0 Å². The number of benzene rings is 1. The van der Waals surface area contributed by atoms with E-state index in [2.05, 4.69) is 15.9 Å². The minimum atomic E-state index is -4.69. The van der Waals surface area contributed by atoms with Crippen molar-refractivity contribution in [1.29, 1.82) is 0 Å². The van der Waals surface area contributed by atoms with Crippen LogP contribution in [0.15, 0.2) is 28.7 Å². The Balaban J connectivity index is 0.00000169. The second-order valence-corrected chi connectivity index (χ2v) is 3.27. The molecule has 0 saturated heterocycles. The Morgan fingerprint density at radius 1 is 1.14 bits per heavy atom. The maximum atomic E-state index is 11.9. The molecule has 0 amide bonds. The summed E-state index contributed by atoms with van der Waals surface area (Å²) in [6.07, 6.45) is -6.26. The van der Waals surface area contributed by atoms with Gasteiger partial charge in [-0.25, -0.2) is 0 Å². The molecule has 14 heavy (non-hydrogen) atoms. The minimum Gasteiger partial charge on any atom is -0.417 e. The van der Waals surface area contributed by atoms with Gasteiger partial charge in [0.1, 0.15) is 0 Å². The van der Waals surface area contributed by atoms with Crippen LogP contribution in [0.4, 0.5) is 13.2 Å². The first-order valence-corrected chi connectivity index (χ1v) is 4.09. The number of hydrogen-bond donors (Lipinski definition) is 1. The molecule has 0 aliphatic rings. The van der Waals surface area contributed by atoms with Crippen molar-refractivity contribution in [3.8, 4) is 0 Å². The van der Waals surface area contributed by atoms with Crippen molar-refractivity contribution in [1.82, 2.24) is 0 Å². The maximum absolute atomic E-state index is 11.9. The number of alkyl halides is 3. The zero-order chi connectivity index (χ0) is 10.1. The second kappa shape index (κ2) is 5.69. The van der Waals surface area contributed by atoms with Gasteiger partial charge >= 0.3 is 6.18 Å². The zero-order valence-corrected chi connectivity index (χ0v) is 11.5. The molecule has 0 aromatic heterocycles.